The summed E-state index contributed by atoms with van der Waals surface area (Å²) in [6.07, 6.45) is 1.82. The van der Waals surface area contributed by atoms with Crippen LogP contribution in [0.4, 0.5) is 5.69 Å². The number of hydrogen-bond donors (Lipinski definition) is 3. The van der Waals surface area contributed by atoms with Gasteiger partial charge in [-0.2, -0.15) is 16.8 Å². The quantitative estimate of drug-likeness (QED) is 0.529. The highest BCUT2D eigenvalue weighted by molar-refractivity contribution is 7.91. The molecule has 10 nitrogen and oxygen atoms in total. The fourth-order valence-electron chi connectivity index (χ4n) is 2.08. The van der Waals surface area contributed by atoms with Crippen molar-refractivity contribution in [3.8, 4) is 5.75 Å². The average Bonchev–Trinajstić information content (AvgIpc) is 2.43. The summed E-state index contributed by atoms with van der Waals surface area (Å²) in [5.41, 5.74) is 6.40. The molecule has 1 heterocycles. The molecule has 0 fully saturated rings. The van der Waals surface area contributed by atoms with E-state index in [1.807, 2.05) is 0 Å². The lowest BCUT2D eigenvalue weighted by Crippen LogP contribution is -2.27. The summed E-state index contributed by atoms with van der Waals surface area (Å²) in [5, 5.41) is 4.70. The molecule has 1 aliphatic rings. The summed E-state index contributed by atoms with van der Waals surface area (Å²) in [4.78, 5) is 0. The van der Waals surface area contributed by atoms with Crippen LogP contribution in [0, 0.1) is 0 Å². The SMILES string of the molecule is NC1=NS(=O)(=O)Nc2cccc(OCCCCCOS(N)(=O)=O)c21. The fourth-order valence-corrected chi connectivity index (χ4v) is 3.27. The van der Waals surface area contributed by atoms with E-state index < -0.39 is 20.5 Å². The molecule has 1 aromatic carbocycles. The summed E-state index contributed by atoms with van der Waals surface area (Å²) < 4.78 is 59.8. The number of unbranched alkanes of at least 4 members (excludes halogenated alkanes) is 2. The number of amidine groups is 1. The zero-order valence-electron chi connectivity index (χ0n) is 12.6. The van der Waals surface area contributed by atoms with E-state index in [9.17, 15) is 16.8 Å². The molecule has 12 heteroatoms. The van der Waals surface area contributed by atoms with Gasteiger partial charge in [0.2, 0.25) is 0 Å². The fraction of sp³-hybridized carbons (Fsp3) is 0.417. The first-order chi connectivity index (χ1) is 11.2. The highest BCUT2D eigenvalue weighted by atomic mass is 32.2. The van der Waals surface area contributed by atoms with Crippen molar-refractivity contribution < 1.29 is 25.8 Å². The lowest BCUT2D eigenvalue weighted by molar-refractivity contribution is 0.281. The van der Waals surface area contributed by atoms with E-state index in [0.717, 1.165) is 0 Å². The Balaban J connectivity index is 1.87. The van der Waals surface area contributed by atoms with Gasteiger partial charge in [-0.05, 0) is 31.4 Å². The van der Waals surface area contributed by atoms with Crippen molar-refractivity contribution in [1.29, 1.82) is 0 Å². The molecule has 0 atom stereocenters. The van der Waals surface area contributed by atoms with Crippen LogP contribution in [0.2, 0.25) is 0 Å². The van der Waals surface area contributed by atoms with Crippen molar-refractivity contribution in [2.24, 2.45) is 15.3 Å². The third-order valence-electron chi connectivity index (χ3n) is 3.03. The van der Waals surface area contributed by atoms with Gasteiger partial charge in [-0.15, -0.1) is 4.40 Å². The van der Waals surface area contributed by atoms with Crippen LogP contribution >= 0.6 is 0 Å². The Morgan fingerprint density at radius 2 is 1.88 bits per heavy atom. The molecular weight excluding hydrogens is 360 g/mol. The van der Waals surface area contributed by atoms with Gasteiger partial charge in [0.1, 0.15) is 5.75 Å². The molecule has 0 radical (unpaired) electrons. The van der Waals surface area contributed by atoms with Crippen molar-refractivity contribution in [1.82, 2.24) is 0 Å². The Morgan fingerprint density at radius 1 is 1.17 bits per heavy atom. The number of nitrogens with one attached hydrogen (secondary N) is 1. The largest absolute Gasteiger partial charge is 0.493 e. The van der Waals surface area contributed by atoms with Gasteiger partial charge in [0.05, 0.1) is 24.5 Å². The van der Waals surface area contributed by atoms with Gasteiger partial charge in [-0.3, -0.25) is 8.91 Å². The first kappa shape index (κ1) is 18.4. The van der Waals surface area contributed by atoms with Gasteiger partial charge in [-0.1, -0.05) is 6.07 Å². The average molecular weight is 378 g/mol. The Bertz CT molecular complexity index is 835. The third kappa shape index (κ3) is 5.33. The second-order valence-corrected chi connectivity index (χ2v) is 7.51. The molecule has 2 rings (SSSR count). The summed E-state index contributed by atoms with van der Waals surface area (Å²) in [7, 11) is -7.73. The highest BCUT2D eigenvalue weighted by Crippen LogP contribution is 2.30. The molecule has 1 aliphatic heterocycles. The van der Waals surface area contributed by atoms with E-state index in [-0.39, 0.29) is 12.4 Å². The van der Waals surface area contributed by atoms with Crippen LogP contribution in [-0.4, -0.2) is 35.9 Å². The monoisotopic (exact) mass is 378 g/mol. The second kappa shape index (κ2) is 7.34. The van der Waals surface area contributed by atoms with Crippen molar-refractivity contribution >= 4 is 32.0 Å². The van der Waals surface area contributed by atoms with E-state index in [2.05, 4.69) is 13.3 Å². The van der Waals surface area contributed by atoms with Gasteiger partial charge in [0, 0.05) is 0 Å². The Labute approximate surface area is 140 Å². The first-order valence-electron chi connectivity index (χ1n) is 6.99. The standard InChI is InChI=1S/C12H18N4O6S2/c13-12-11-9(15-24(19,20)16-12)5-4-6-10(11)21-7-2-1-3-8-22-23(14,17)18/h4-6,15H,1-3,7-8H2,(H2,13,16)(H2,14,17,18). The molecule has 0 aliphatic carbocycles. The normalized spacial score (nSPS) is 16.0. The molecule has 134 valence electrons. The molecular formula is C12H18N4O6S2. The Kier molecular flexibility index (Phi) is 5.64. The topological polar surface area (TPSA) is 163 Å². The minimum absolute atomic E-state index is 0.0148. The summed E-state index contributed by atoms with van der Waals surface area (Å²) in [5.74, 6) is 0.276. The van der Waals surface area contributed by atoms with E-state index >= 15 is 0 Å². The molecule has 0 unspecified atom stereocenters. The van der Waals surface area contributed by atoms with Crippen LogP contribution in [0.1, 0.15) is 24.8 Å². The van der Waals surface area contributed by atoms with Crippen LogP contribution < -0.4 is 20.3 Å². The summed E-state index contributed by atoms with van der Waals surface area (Å²) >= 11 is 0. The maximum absolute atomic E-state index is 11.5. The van der Waals surface area contributed by atoms with E-state index in [1.165, 1.54) is 0 Å². The molecule has 0 saturated heterocycles. The zero-order valence-corrected chi connectivity index (χ0v) is 14.3. The third-order valence-corrected chi connectivity index (χ3v) is 4.44. The maximum atomic E-state index is 11.5. The number of nitrogens with two attached hydrogens (primary N) is 2. The van der Waals surface area contributed by atoms with Crippen LogP contribution in [-0.2, 0) is 24.7 Å². The molecule has 24 heavy (non-hydrogen) atoms. The molecule has 0 saturated carbocycles. The number of fused-ring (bicyclic) bond motifs is 1. The predicted octanol–water partition coefficient (Wildman–Crippen LogP) is -0.169. The molecule has 0 spiro atoms. The van der Waals surface area contributed by atoms with Crippen LogP contribution in [0.3, 0.4) is 0 Å². The van der Waals surface area contributed by atoms with Gasteiger partial charge >= 0.3 is 20.5 Å². The van der Waals surface area contributed by atoms with Crippen LogP contribution in [0.25, 0.3) is 0 Å². The van der Waals surface area contributed by atoms with Gasteiger partial charge in [-0.25, -0.2) is 5.14 Å². The van der Waals surface area contributed by atoms with Crippen LogP contribution in [0.15, 0.2) is 22.6 Å². The molecule has 0 aromatic heterocycles. The smallest absolute Gasteiger partial charge is 0.344 e. The first-order valence-corrected chi connectivity index (χ1v) is 9.90. The van der Waals surface area contributed by atoms with Gasteiger partial charge in [0.25, 0.3) is 0 Å². The molecule has 0 bridgehead atoms. The van der Waals surface area contributed by atoms with Crippen LogP contribution in [0.5, 0.6) is 5.75 Å². The maximum Gasteiger partial charge on any atom is 0.344 e. The minimum Gasteiger partial charge on any atom is -0.493 e. The van der Waals surface area contributed by atoms with Crippen molar-refractivity contribution in [2.45, 2.75) is 19.3 Å². The lowest BCUT2D eigenvalue weighted by atomic mass is 10.1. The number of benzene rings is 1. The summed E-state index contributed by atoms with van der Waals surface area (Å²) in [6, 6.07) is 4.85. The number of rotatable bonds is 8. The van der Waals surface area contributed by atoms with Crippen molar-refractivity contribution in [2.75, 3.05) is 17.9 Å². The number of hydrogen-bond acceptors (Lipinski definition) is 7. The van der Waals surface area contributed by atoms with E-state index in [4.69, 9.17) is 15.6 Å². The highest BCUT2D eigenvalue weighted by Gasteiger charge is 2.24. The number of nitrogens with zero attached hydrogens (tertiary/aromatic N) is 1. The number of anilines is 1. The zero-order chi connectivity index (χ0) is 17.8. The molecule has 0 amide bonds. The van der Waals surface area contributed by atoms with Gasteiger partial charge < -0.3 is 10.5 Å². The predicted molar refractivity (Wildman–Crippen MR) is 88.1 cm³/mol. The molecule has 5 N–H and O–H groups in total. The molecule has 1 aromatic rings. The van der Waals surface area contributed by atoms with Crippen molar-refractivity contribution in [3.05, 3.63) is 23.8 Å². The Morgan fingerprint density at radius 3 is 2.58 bits per heavy atom. The number of ether oxygens (including phenoxy) is 1. The van der Waals surface area contributed by atoms with Gasteiger partial charge in [0.15, 0.2) is 5.84 Å². The van der Waals surface area contributed by atoms with E-state index in [1.54, 1.807) is 18.2 Å². The lowest BCUT2D eigenvalue weighted by Gasteiger charge is -2.19. The second-order valence-electron chi connectivity index (χ2n) is 4.96. The van der Waals surface area contributed by atoms with Crippen molar-refractivity contribution in [3.63, 3.8) is 0 Å². The Hall–Kier alpha value is -1.89. The summed E-state index contributed by atoms with van der Waals surface area (Å²) in [6.45, 7) is 0.354. The minimum atomic E-state index is -3.90. The van der Waals surface area contributed by atoms with E-state index in [0.29, 0.717) is 42.9 Å².